The Labute approximate surface area is 81.5 Å². The lowest BCUT2D eigenvalue weighted by Gasteiger charge is -1.96. The van der Waals surface area contributed by atoms with Crippen molar-refractivity contribution in [2.45, 2.75) is 27.7 Å². The number of benzene rings is 1. The molecule has 1 rings (SSSR count). The fourth-order valence-electron chi connectivity index (χ4n) is 0.921. The van der Waals surface area contributed by atoms with Crippen molar-refractivity contribution in [1.29, 1.82) is 0 Å². The molecule has 0 aromatic heterocycles. The largest absolute Gasteiger partial charge is 0.293 e. The Morgan fingerprint density at radius 1 is 1.23 bits per heavy atom. The van der Waals surface area contributed by atoms with Gasteiger partial charge in [0.05, 0.1) is 0 Å². The van der Waals surface area contributed by atoms with Gasteiger partial charge in [0.25, 0.3) is 0 Å². The van der Waals surface area contributed by atoms with Gasteiger partial charge in [-0.3, -0.25) is 4.99 Å². The van der Waals surface area contributed by atoms with Crippen LogP contribution in [0.25, 0.3) is 0 Å². The van der Waals surface area contributed by atoms with Gasteiger partial charge in [-0.05, 0) is 25.0 Å². The average molecular weight is 177 g/mol. The molecule has 0 spiro atoms. The third-order valence-corrected chi connectivity index (χ3v) is 1.60. The van der Waals surface area contributed by atoms with Crippen molar-refractivity contribution in [3.63, 3.8) is 0 Å². The molecule has 0 heterocycles. The number of hydrogen-bond acceptors (Lipinski definition) is 1. The summed E-state index contributed by atoms with van der Waals surface area (Å²) in [7, 11) is 0. The Morgan fingerprint density at radius 3 is 2.38 bits per heavy atom. The molecule has 0 aliphatic rings. The van der Waals surface area contributed by atoms with Crippen LogP contribution in [0.5, 0.6) is 0 Å². The van der Waals surface area contributed by atoms with Gasteiger partial charge in [0, 0.05) is 12.8 Å². The molecular weight excluding hydrogens is 158 g/mol. The lowest BCUT2D eigenvalue weighted by Crippen LogP contribution is -1.85. The maximum Gasteiger partial charge on any atom is 0.0361 e. The molecule has 0 aliphatic carbocycles. The van der Waals surface area contributed by atoms with Gasteiger partial charge < -0.3 is 0 Å². The molecule has 1 aromatic rings. The molecule has 72 valence electrons. The van der Waals surface area contributed by atoms with Crippen molar-refractivity contribution in [1.82, 2.24) is 0 Å². The second kappa shape index (κ2) is 7.53. The average Bonchev–Trinajstić information content (AvgIpc) is 2.20. The molecule has 0 radical (unpaired) electrons. The summed E-state index contributed by atoms with van der Waals surface area (Å²) in [6, 6.07) is 8.24. The van der Waals surface area contributed by atoms with Crippen molar-refractivity contribution < 1.29 is 0 Å². The number of nitrogens with zero attached hydrogens (tertiary/aromatic N) is 1. The van der Waals surface area contributed by atoms with E-state index in [0.29, 0.717) is 0 Å². The van der Waals surface area contributed by atoms with Gasteiger partial charge >= 0.3 is 0 Å². The van der Waals surface area contributed by atoms with Crippen LogP contribution in [0, 0.1) is 6.92 Å². The summed E-state index contributed by atoms with van der Waals surface area (Å²) in [6.07, 6.45) is 1.93. The highest BCUT2D eigenvalue weighted by Gasteiger charge is 1.89. The summed E-state index contributed by atoms with van der Waals surface area (Å²) in [4.78, 5) is 4.18. The van der Waals surface area contributed by atoms with E-state index in [1.165, 1.54) is 11.1 Å². The van der Waals surface area contributed by atoms with E-state index in [9.17, 15) is 0 Å². The molecule has 0 bridgehead atoms. The minimum Gasteiger partial charge on any atom is -0.293 e. The number of rotatable bonds is 2. The predicted octanol–water partition coefficient (Wildman–Crippen LogP) is 3.46. The summed E-state index contributed by atoms with van der Waals surface area (Å²) < 4.78 is 0. The number of aliphatic imine (C=N–C) groups is 1. The van der Waals surface area contributed by atoms with Crippen molar-refractivity contribution in [2.75, 3.05) is 6.54 Å². The Balaban J connectivity index is 0.000000671. The molecule has 0 saturated carbocycles. The second-order valence-electron chi connectivity index (χ2n) is 2.48. The maximum absolute atomic E-state index is 4.18. The quantitative estimate of drug-likeness (QED) is 0.613. The van der Waals surface area contributed by atoms with Gasteiger partial charge in [-0.1, -0.05) is 38.1 Å². The summed E-state index contributed by atoms with van der Waals surface area (Å²) in [5.41, 5.74) is 2.50. The second-order valence-corrected chi connectivity index (χ2v) is 2.48. The van der Waals surface area contributed by atoms with E-state index in [1.54, 1.807) is 0 Å². The Hall–Kier alpha value is -1.11. The first kappa shape index (κ1) is 11.9. The van der Waals surface area contributed by atoms with Crippen molar-refractivity contribution in [3.8, 4) is 0 Å². The van der Waals surface area contributed by atoms with Gasteiger partial charge in [-0.15, -0.1) is 0 Å². The molecule has 0 unspecified atom stereocenters. The highest BCUT2D eigenvalue weighted by molar-refractivity contribution is 5.81. The summed E-state index contributed by atoms with van der Waals surface area (Å²) in [5.74, 6) is 0. The van der Waals surface area contributed by atoms with Crippen LogP contribution >= 0.6 is 0 Å². The van der Waals surface area contributed by atoms with Crippen LogP contribution in [0.2, 0.25) is 0 Å². The lowest BCUT2D eigenvalue weighted by molar-refractivity contribution is 1.14. The highest BCUT2D eigenvalue weighted by atomic mass is 14.7. The molecule has 0 N–H and O–H groups in total. The first-order valence-electron chi connectivity index (χ1n) is 4.90. The zero-order valence-electron chi connectivity index (χ0n) is 9.04. The molecule has 0 atom stereocenters. The van der Waals surface area contributed by atoms with E-state index in [4.69, 9.17) is 0 Å². The standard InChI is InChI=1S/C10H13N.C2H6/c1-3-11-8-10-7-5-4-6-9(10)2;1-2/h4-8H,3H2,1-2H3;1-2H3. The topological polar surface area (TPSA) is 12.4 Å². The highest BCUT2D eigenvalue weighted by Crippen LogP contribution is 2.03. The molecule has 0 saturated heterocycles. The Morgan fingerprint density at radius 2 is 1.85 bits per heavy atom. The van der Waals surface area contributed by atoms with Crippen molar-refractivity contribution in [2.24, 2.45) is 4.99 Å². The Kier molecular flexibility index (Phi) is 6.89. The first-order valence-corrected chi connectivity index (χ1v) is 4.90. The van der Waals surface area contributed by atoms with Gasteiger partial charge in [0.2, 0.25) is 0 Å². The van der Waals surface area contributed by atoms with E-state index >= 15 is 0 Å². The number of hydrogen-bond donors (Lipinski definition) is 0. The van der Waals surface area contributed by atoms with Crippen LogP contribution in [-0.2, 0) is 0 Å². The molecule has 0 amide bonds. The molecule has 13 heavy (non-hydrogen) atoms. The van der Waals surface area contributed by atoms with E-state index in [0.717, 1.165) is 6.54 Å². The Bertz CT molecular complexity index is 251. The van der Waals surface area contributed by atoms with E-state index in [1.807, 2.05) is 39.1 Å². The molecule has 1 aromatic carbocycles. The fraction of sp³-hybridized carbons (Fsp3) is 0.417. The fourth-order valence-corrected chi connectivity index (χ4v) is 0.921. The maximum atomic E-state index is 4.18. The van der Waals surface area contributed by atoms with Gasteiger partial charge in [0.1, 0.15) is 0 Å². The van der Waals surface area contributed by atoms with Crippen LogP contribution < -0.4 is 0 Å². The predicted molar refractivity (Wildman–Crippen MR) is 60.7 cm³/mol. The van der Waals surface area contributed by atoms with E-state index in [-0.39, 0.29) is 0 Å². The molecule has 1 heteroatoms. The third-order valence-electron chi connectivity index (χ3n) is 1.60. The summed E-state index contributed by atoms with van der Waals surface area (Å²) >= 11 is 0. The third kappa shape index (κ3) is 4.46. The monoisotopic (exact) mass is 177 g/mol. The minimum absolute atomic E-state index is 0.855. The normalized spacial score (nSPS) is 9.54. The smallest absolute Gasteiger partial charge is 0.0361 e. The van der Waals surface area contributed by atoms with E-state index in [2.05, 4.69) is 24.0 Å². The molecule has 0 aliphatic heterocycles. The zero-order valence-corrected chi connectivity index (χ0v) is 9.04. The SMILES string of the molecule is CC.CCN=Cc1ccccc1C. The van der Waals surface area contributed by atoms with E-state index < -0.39 is 0 Å². The zero-order chi connectivity index (χ0) is 10.1. The first-order chi connectivity index (χ1) is 6.34. The van der Waals surface area contributed by atoms with Crippen molar-refractivity contribution >= 4 is 6.21 Å². The van der Waals surface area contributed by atoms with Crippen LogP contribution in [0.4, 0.5) is 0 Å². The lowest BCUT2D eigenvalue weighted by atomic mass is 10.1. The van der Waals surface area contributed by atoms with Crippen LogP contribution in [0.15, 0.2) is 29.3 Å². The summed E-state index contributed by atoms with van der Waals surface area (Å²) in [5, 5.41) is 0. The summed E-state index contributed by atoms with van der Waals surface area (Å²) in [6.45, 7) is 8.99. The van der Waals surface area contributed by atoms with Crippen LogP contribution in [-0.4, -0.2) is 12.8 Å². The van der Waals surface area contributed by atoms with Crippen LogP contribution in [0.3, 0.4) is 0 Å². The molecule has 0 fully saturated rings. The molecular formula is C12H19N. The minimum atomic E-state index is 0.855. The van der Waals surface area contributed by atoms with Gasteiger partial charge in [0.15, 0.2) is 0 Å². The van der Waals surface area contributed by atoms with Gasteiger partial charge in [-0.25, -0.2) is 0 Å². The van der Waals surface area contributed by atoms with Gasteiger partial charge in [-0.2, -0.15) is 0 Å². The van der Waals surface area contributed by atoms with Crippen molar-refractivity contribution in [3.05, 3.63) is 35.4 Å². The van der Waals surface area contributed by atoms with Crippen LogP contribution in [0.1, 0.15) is 31.9 Å². The molecule has 1 nitrogen and oxygen atoms in total. The number of aryl methyl sites for hydroxylation is 1.